The van der Waals surface area contributed by atoms with E-state index in [0.29, 0.717) is 12.5 Å². The minimum Gasteiger partial charge on any atom is -0.496 e. The molecule has 0 aromatic heterocycles. The van der Waals surface area contributed by atoms with Gasteiger partial charge in [-0.05, 0) is 71.0 Å². The summed E-state index contributed by atoms with van der Waals surface area (Å²) in [5.41, 5.74) is 3.64. The van der Waals surface area contributed by atoms with Crippen LogP contribution in [-0.2, 0) is 14.3 Å². The number of halogens is 1. The van der Waals surface area contributed by atoms with Crippen molar-refractivity contribution in [2.24, 2.45) is 22.7 Å². The predicted molar refractivity (Wildman–Crippen MR) is 139 cm³/mol. The Morgan fingerprint density at radius 1 is 1.19 bits per heavy atom. The van der Waals surface area contributed by atoms with Crippen LogP contribution in [0.1, 0.15) is 67.2 Å². The first-order valence-corrected chi connectivity index (χ1v) is 14.3. The first-order chi connectivity index (χ1) is 14.6. The molecule has 0 saturated heterocycles. The van der Waals surface area contributed by atoms with Gasteiger partial charge in [-0.25, -0.2) is 0 Å². The third-order valence-electron chi connectivity index (χ3n) is 7.08. The van der Waals surface area contributed by atoms with Crippen LogP contribution in [0.2, 0.25) is 0 Å². The van der Waals surface area contributed by atoms with E-state index in [1.54, 1.807) is 17.6 Å². The Labute approximate surface area is 201 Å². The first kappa shape index (κ1) is 23.3. The number of hydrogen-bond donors (Lipinski definition) is 0. The molecule has 0 N–H and O–H groups in total. The molecule has 170 valence electrons. The maximum absolute atomic E-state index is 12.2. The van der Waals surface area contributed by atoms with Crippen LogP contribution in [-0.4, -0.2) is 23.2 Å². The zero-order valence-electron chi connectivity index (χ0n) is 19.9. The maximum Gasteiger partial charge on any atom is 0.309 e. The number of allylic oxidation sites excluding steroid dienone is 7. The van der Waals surface area contributed by atoms with Gasteiger partial charge < -0.3 is 9.47 Å². The fraction of sp³-hybridized carbons (Fsp3) is 0.615. The molecule has 3 nitrogen and oxygen atoms in total. The van der Waals surface area contributed by atoms with Crippen molar-refractivity contribution in [3.63, 3.8) is 0 Å². The fourth-order valence-corrected chi connectivity index (χ4v) is 10.3. The minimum absolute atomic E-state index is 0.0242. The highest BCUT2D eigenvalue weighted by Crippen LogP contribution is 2.60. The van der Waals surface area contributed by atoms with Crippen molar-refractivity contribution >= 4 is 42.0 Å². The zero-order chi connectivity index (χ0) is 22.6. The number of carbonyl (C=O) groups is 1. The van der Waals surface area contributed by atoms with Gasteiger partial charge in [-0.1, -0.05) is 71.3 Å². The molecular weight excluding hydrogens is 519 g/mol. The molecule has 2 heterocycles. The number of ether oxygens (including phenoxy) is 2. The second-order valence-corrected chi connectivity index (χ2v) is 14.2. The molecule has 5 heteroatoms. The maximum atomic E-state index is 12.2. The monoisotopic (exact) mass is 554 g/mol. The molecular formula is C26H35IO3S. The lowest BCUT2D eigenvalue weighted by Gasteiger charge is -2.46. The molecule has 31 heavy (non-hydrogen) atoms. The van der Waals surface area contributed by atoms with E-state index in [4.69, 9.17) is 9.47 Å². The third kappa shape index (κ3) is 4.38. The molecule has 1 saturated carbocycles. The van der Waals surface area contributed by atoms with E-state index in [1.807, 2.05) is 18.7 Å². The van der Waals surface area contributed by atoms with E-state index < -0.39 is 0 Å². The number of rotatable bonds is 5. The number of thioether (sulfide) groups is 1. The molecule has 0 aromatic carbocycles. The molecule has 0 spiro atoms. The van der Waals surface area contributed by atoms with E-state index in [1.165, 1.54) is 30.4 Å². The normalized spacial score (nSPS) is 29.2. The van der Waals surface area contributed by atoms with Gasteiger partial charge in [-0.15, -0.1) is 0 Å². The van der Waals surface area contributed by atoms with Crippen LogP contribution >= 0.6 is 32.5 Å². The molecule has 4 rings (SSSR count). The molecule has 2 aliphatic heterocycles. The summed E-state index contributed by atoms with van der Waals surface area (Å²) in [6.45, 7) is 14.3. The van der Waals surface area contributed by atoms with Gasteiger partial charge in [0, 0.05) is 10.8 Å². The Balaban J connectivity index is 1.65. The standard InChI is InChI=1S/C26H35IO3S/c1-8-30-24(28)17-14-16(17)19-9-10-20(29-7)21(27-19)22-15(2)13-18-23(31-22)26(5,6)12-11-25(18,3)4/h9-10,16-17H,8,11-14H2,1-7H3. The molecule has 2 unspecified atom stereocenters. The molecule has 2 aliphatic carbocycles. The molecule has 2 atom stereocenters. The summed E-state index contributed by atoms with van der Waals surface area (Å²) in [7, 11) is 1.79. The highest BCUT2D eigenvalue weighted by atomic mass is 127. The van der Waals surface area contributed by atoms with E-state index >= 15 is 0 Å². The van der Waals surface area contributed by atoms with Crippen LogP contribution in [0.5, 0.6) is 0 Å². The van der Waals surface area contributed by atoms with Crippen molar-refractivity contribution < 1.29 is 14.3 Å². The quantitative estimate of drug-likeness (QED) is 0.265. The SMILES string of the molecule is CCOC(=O)C1CC1C1=CC=C(OC)C(C2=C(C)CC3=C(S2)C(C)(C)CCC3(C)C)=I1. The van der Waals surface area contributed by atoms with Crippen LogP contribution in [0.15, 0.2) is 42.4 Å². The van der Waals surface area contributed by atoms with Gasteiger partial charge in [-0.3, -0.25) is 4.79 Å². The number of methoxy groups -OCH3 is 1. The lowest BCUT2D eigenvalue weighted by atomic mass is 9.66. The van der Waals surface area contributed by atoms with Crippen LogP contribution in [0.4, 0.5) is 0 Å². The van der Waals surface area contributed by atoms with Gasteiger partial charge in [0.25, 0.3) is 0 Å². The largest absolute Gasteiger partial charge is 0.496 e. The lowest BCUT2D eigenvalue weighted by Crippen LogP contribution is -2.32. The average molecular weight is 555 g/mol. The number of carbonyl (C=O) groups excluding carboxylic acids is 1. The van der Waals surface area contributed by atoms with Crippen LogP contribution in [0.25, 0.3) is 0 Å². The highest BCUT2D eigenvalue weighted by Gasteiger charge is 2.47. The van der Waals surface area contributed by atoms with Crippen molar-refractivity contribution in [1.82, 2.24) is 0 Å². The van der Waals surface area contributed by atoms with E-state index in [-0.39, 0.29) is 43.4 Å². The lowest BCUT2D eigenvalue weighted by molar-refractivity contribution is -0.144. The third-order valence-corrected chi connectivity index (χ3v) is 12.6. The van der Waals surface area contributed by atoms with E-state index in [2.05, 4.69) is 46.8 Å². The van der Waals surface area contributed by atoms with Crippen molar-refractivity contribution in [1.29, 1.82) is 0 Å². The number of esters is 1. The Morgan fingerprint density at radius 2 is 1.90 bits per heavy atom. The van der Waals surface area contributed by atoms with Gasteiger partial charge in [0.15, 0.2) is 0 Å². The van der Waals surface area contributed by atoms with Crippen molar-refractivity contribution in [3.8, 4) is 0 Å². The van der Waals surface area contributed by atoms with E-state index in [0.717, 1.165) is 18.6 Å². The summed E-state index contributed by atoms with van der Waals surface area (Å²) in [5, 5.41) is 0. The second-order valence-electron chi connectivity index (χ2n) is 10.4. The van der Waals surface area contributed by atoms with Gasteiger partial charge in [0.1, 0.15) is 5.76 Å². The smallest absolute Gasteiger partial charge is 0.309 e. The summed E-state index contributed by atoms with van der Waals surface area (Å²) >= 11 is 1.66. The Bertz CT molecular complexity index is 961. The Kier molecular flexibility index (Phi) is 6.41. The zero-order valence-corrected chi connectivity index (χ0v) is 22.8. The van der Waals surface area contributed by atoms with E-state index in [9.17, 15) is 4.79 Å². The summed E-state index contributed by atoms with van der Waals surface area (Å²) in [4.78, 5) is 15.2. The fourth-order valence-electron chi connectivity index (χ4n) is 4.82. The molecule has 0 radical (unpaired) electrons. The van der Waals surface area contributed by atoms with Gasteiger partial charge in [-0.2, -0.15) is 0 Å². The first-order valence-electron chi connectivity index (χ1n) is 11.4. The Hall–Kier alpha value is -0.820. The van der Waals surface area contributed by atoms with Gasteiger partial charge in [0.05, 0.1) is 23.1 Å². The van der Waals surface area contributed by atoms with Crippen LogP contribution < -0.4 is 0 Å². The highest BCUT2D eigenvalue weighted by molar-refractivity contribution is 14.2. The average Bonchev–Trinajstić information content (AvgIpc) is 3.52. The summed E-state index contributed by atoms with van der Waals surface area (Å²) in [6.07, 6.45) is 8.88. The summed E-state index contributed by atoms with van der Waals surface area (Å²) in [5.74, 6) is 1.42. The van der Waals surface area contributed by atoms with Crippen molar-refractivity contribution in [3.05, 3.63) is 42.4 Å². The molecule has 1 fully saturated rings. The topological polar surface area (TPSA) is 35.5 Å². The summed E-state index contributed by atoms with van der Waals surface area (Å²) < 4.78 is 14.0. The minimum atomic E-state index is -0.362. The Morgan fingerprint density at radius 3 is 2.58 bits per heavy atom. The van der Waals surface area contributed by atoms with Gasteiger partial charge >= 0.3 is 5.97 Å². The van der Waals surface area contributed by atoms with Gasteiger partial charge in [0.2, 0.25) is 0 Å². The van der Waals surface area contributed by atoms with Crippen LogP contribution in [0, 0.1) is 22.7 Å². The van der Waals surface area contributed by atoms with Crippen molar-refractivity contribution in [2.45, 2.75) is 67.2 Å². The molecule has 0 bridgehead atoms. The molecule has 4 aliphatic rings. The summed E-state index contributed by atoms with van der Waals surface area (Å²) in [6, 6.07) is 0. The molecule has 0 amide bonds. The second kappa shape index (κ2) is 8.51. The predicted octanol–water partition coefficient (Wildman–Crippen LogP) is 7.27. The van der Waals surface area contributed by atoms with Crippen LogP contribution in [0.3, 0.4) is 0 Å². The van der Waals surface area contributed by atoms with Crippen molar-refractivity contribution in [2.75, 3.05) is 13.7 Å². The number of hydrogen-bond acceptors (Lipinski definition) is 4. The molecule has 0 aromatic rings.